The van der Waals surface area contributed by atoms with E-state index in [1.807, 2.05) is 0 Å². The van der Waals surface area contributed by atoms with Crippen LogP contribution in [0.25, 0.3) is 0 Å². The van der Waals surface area contributed by atoms with Crippen LogP contribution in [0.2, 0.25) is 0 Å². The number of halogens is 1. The Labute approximate surface area is 126 Å². The highest BCUT2D eigenvalue weighted by Crippen LogP contribution is 2.35. The van der Waals surface area contributed by atoms with Crippen molar-refractivity contribution in [2.24, 2.45) is 5.73 Å². The van der Waals surface area contributed by atoms with Crippen LogP contribution in [0, 0.1) is 5.82 Å². The molecule has 2 aromatic rings. The number of nitrogens with two attached hydrogens (primary N) is 1. The molecule has 0 bridgehead atoms. The molecule has 0 aliphatic carbocycles. The number of rotatable bonds is 4. The minimum absolute atomic E-state index is 0.216. The van der Waals surface area contributed by atoms with Gasteiger partial charge in [0.2, 0.25) is 0 Å². The summed E-state index contributed by atoms with van der Waals surface area (Å²) in [6, 6.07) is 6.79. The zero-order chi connectivity index (χ0) is 14.8. The van der Waals surface area contributed by atoms with E-state index in [2.05, 4.69) is 9.88 Å². The van der Waals surface area contributed by atoms with Crippen molar-refractivity contribution in [1.82, 2.24) is 9.88 Å². The summed E-state index contributed by atoms with van der Waals surface area (Å²) in [6.45, 7) is 1.74. The van der Waals surface area contributed by atoms with Crippen molar-refractivity contribution in [2.45, 2.75) is 25.4 Å². The number of likely N-dealkylation sites (tertiary alicyclic amines) is 1. The zero-order valence-electron chi connectivity index (χ0n) is 11.5. The number of benzene rings is 1. The van der Waals surface area contributed by atoms with Crippen molar-refractivity contribution in [1.29, 1.82) is 0 Å². The number of thiazole rings is 1. The van der Waals surface area contributed by atoms with Gasteiger partial charge < -0.3 is 5.73 Å². The topological polar surface area (TPSA) is 59.2 Å². The minimum atomic E-state index is -0.429. The normalized spacial score (nSPS) is 19.0. The summed E-state index contributed by atoms with van der Waals surface area (Å²) in [5.41, 5.74) is 6.36. The van der Waals surface area contributed by atoms with Gasteiger partial charge in [0.1, 0.15) is 15.7 Å². The fourth-order valence-electron chi connectivity index (χ4n) is 2.67. The van der Waals surface area contributed by atoms with Crippen molar-refractivity contribution in [3.05, 3.63) is 51.7 Å². The van der Waals surface area contributed by atoms with Crippen LogP contribution in [0.4, 0.5) is 4.39 Å². The Morgan fingerprint density at radius 2 is 2.19 bits per heavy atom. The molecule has 1 aliphatic heterocycles. The summed E-state index contributed by atoms with van der Waals surface area (Å²) >= 11 is 1.37. The first-order chi connectivity index (χ1) is 10.1. The number of aromatic nitrogens is 1. The first-order valence-corrected chi connectivity index (χ1v) is 7.69. The van der Waals surface area contributed by atoms with Gasteiger partial charge in [0.05, 0.1) is 12.2 Å². The minimum Gasteiger partial charge on any atom is -0.365 e. The van der Waals surface area contributed by atoms with Gasteiger partial charge in [-0.1, -0.05) is 12.1 Å². The molecule has 1 atom stereocenters. The molecule has 6 heteroatoms. The van der Waals surface area contributed by atoms with Crippen LogP contribution in [0.3, 0.4) is 0 Å². The monoisotopic (exact) mass is 305 g/mol. The molecule has 1 aromatic carbocycles. The molecule has 3 rings (SSSR count). The lowest BCUT2D eigenvalue weighted by atomic mass is 10.2. The third-order valence-electron chi connectivity index (χ3n) is 3.71. The zero-order valence-corrected chi connectivity index (χ0v) is 12.3. The van der Waals surface area contributed by atoms with Crippen molar-refractivity contribution in [3.63, 3.8) is 0 Å². The Bertz CT molecular complexity index is 641. The first-order valence-electron chi connectivity index (χ1n) is 6.87. The van der Waals surface area contributed by atoms with Crippen LogP contribution < -0.4 is 5.73 Å². The second-order valence-corrected chi connectivity index (χ2v) is 6.24. The molecule has 1 aliphatic rings. The maximum absolute atomic E-state index is 13.0. The highest BCUT2D eigenvalue weighted by molar-refractivity contribution is 7.13. The van der Waals surface area contributed by atoms with Gasteiger partial charge in [0, 0.05) is 6.54 Å². The van der Waals surface area contributed by atoms with Crippen molar-refractivity contribution < 1.29 is 9.18 Å². The number of carbonyl (C=O) groups is 1. The van der Waals surface area contributed by atoms with Crippen molar-refractivity contribution >= 4 is 17.2 Å². The largest absolute Gasteiger partial charge is 0.365 e. The summed E-state index contributed by atoms with van der Waals surface area (Å²) in [5.74, 6) is -0.649. The molecule has 1 saturated heterocycles. The first kappa shape index (κ1) is 14.2. The van der Waals surface area contributed by atoms with Gasteiger partial charge in [0.15, 0.2) is 0 Å². The van der Waals surface area contributed by atoms with E-state index in [4.69, 9.17) is 5.73 Å². The fraction of sp³-hybridized carbons (Fsp3) is 0.333. The van der Waals surface area contributed by atoms with Crippen molar-refractivity contribution in [2.75, 3.05) is 6.54 Å². The van der Waals surface area contributed by atoms with E-state index < -0.39 is 5.91 Å². The Kier molecular flexibility index (Phi) is 3.98. The lowest BCUT2D eigenvalue weighted by Crippen LogP contribution is -2.22. The SMILES string of the molecule is NC(=O)c1cnc([C@@H]2CCCN2Cc2ccc(F)cc2)s1. The van der Waals surface area contributed by atoms with E-state index >= 15 is 0 Å². The molecule has 1 aromatic heterocycles. The highest BCUT2D eigenvalue weighted by Gasteiger charge is 2.28. The van der Waals surface area contributed by atoms with Gasteiger partial charge in [-0.2, -0.15) is 0 Å². The average molecular weight is 305 g/mol. The van der Waals surface area contributed by atoms with Gasteiger partial charge >= 0.3 is 0 Å². The van der Waals surface area contributed by atoms with Gasteiger partial charge in [-0.15, -0.1) is 11.3 Å². The molecular weight excluding hydrogens is 289 g/mol. The molecule has 0 spiro atoms. The van der Waals surface area contributed by atoms with Crippen LogP contribution in [0.5, 0.6) is 0 Å². The fourth-order valence-corrected chi connectivity index (χ4v) is 3.61. The molecule has 2 N–H and O–H groups in total. The third kappa shape index (κ3) is 3.11. The summed E-state index contributed by atoms with van der Waals surface area (Å²) in [4.78, 5) is 18.3. The van der Waals surface area contributed by atoms with E-state index in [1.165, 1.54) is 23.5 Å². The van der Waals surface area contributed by atoms with Crippen LogP contribution in [0.1, 0.15) is 39.1 Å². The van der Waals surface area contributed by atoms with E-state index in [0.717, 1.165) is 36.5 Å². The number of nitrogens with zero attached hydrogens (tertiary/aromatic N) is 2. The second kappa shape index (κ2) is 5.91. The molecule has 0 saturated carbocycles. The highest BCUT2D eigenvalue weighted by atomic mass is 32.1. The maximum Gasteiger partial charge on any atom is 0.260 e. The predicted molar refractivity (Wildman–Crippen MR) is 79.4 cm³/mol. The molecule has 21 heavy (non-hydrogen) atoms. The molecule has 1 fully saturated rings. The van der Waals surface area contributed by atoms with Gasteiger partial charge in [-0.3, -0.25) is 9.69 Å². The molecule has 2 heterocycles. The number of primary amides is 1. The average Bonchev–Trinajstić information content (AvgIpc) is 3.09. The van der Waals surface area contributed by atoms with Gasteiger partial charge in [0.25, 0.3) is 5.91 Å². The molecule has 0 radical (unpaired) electrons. The molecular formula is C15H16FN3OS. The Morgan fingerprint density at radius 1 is 1.43 bits per heavy atom. The third-order valence-corrected chi connectivity index (χ3v) is 4.83. The summed E-state index contributed by atoms with van der Waals surface area (Å²) in [7, 11) is 0. The number of amides is 1. The molecule has 110 valence electrons. The lowest BCUT2D eigenvalue weighted by molar-refractivity contribution is 0.100. The van der Waals surface area contributed by atoms with Gasteiger partial charge in [-0.25, -0.2) is 9.37 Å². The number of carbonyl (C=O) groups excluding carboxylic acids is 1. The summed E-state index contributed by atoms with van der Waals surface area (Å²) < 4.78 is 13.0. The Hall–Kier alpha value is -1.79. The van der Waals surface area contributed by atoms with Crippen LogP contribution in [-0.2, 0) is 6.54 Å². The quantitative estimate of drug-likeness (QED) is 0.945. The standard InChI is InChI=1S/C15H16FN3OS/c16-11-5-3-10(4-6-11)9-19-7-1-2-12(19)15-18-8-13(21-15)14(17)20/h3-6,8,12H,1-2,7,9H2,(H2,17,20)/t12-/m0/s1. The van der Waals surface area contributed by atoms with E-state index in [9.17, 15) is 9.18 Å². The predicted octanol–water partition coefficient (Wildman–Crippen LogP) is 2.72. The van der Waals surface area contributed by atoms with Crippen LogP contribution in [0.15, 0.2) is 30.5 Å². The molecule has 4 nitrogen and oxygen atoms in total. The lowest BCUT2D eigenvalue weighted by Gasteiger charge is -2.22. The van der Waals surface area contributed by atoms with E-state index in [1.54, 1.807) is 18.3 Å². The number of hydrogen-bond donors (Lipinski definition) is 1. The smallest absolute Gasteiger partial charge is 0.260 e. The van der Waals surface area contributed by atoms with E-state index in [-0.39, 0.29) is 11.9 Å². The number of hydrogen-bond acceptors (Lipinski definition) is 4. The Morgan fingerprint density at radius 3 is 2.86 bits per heavy atom. The summed E-state index contributed by atoms with van der Waals surface area (Å²) in [5, 5.41) is 0.934. The molecule has 0 unspecified atom stereocenters. The molecule has 1 amide bonds. The van der Waals surface area contributed by atoms with Crippen molar-refractivity contribution in [3.8, 4) is 0 Å². The summed E-state index contributed by atoms with van der Waals surface area (Å²) in [6.07, 6.45) is 3.67. The second-order valence-electron chi connectivity index (χ2n) is 5.18. The van der Waals surface area contributed by atoms with Crippen LogP contribution >= 0.6 is 11.3 Å². The van der Waals surface area contributed by atoms with Crippen LogP contribution in [-0.4, -0.2) is 22.3 Å². The van der Waals surface area contributed by atoms with Gasteiger partial charge in [-0.05, 0) is 37.1 Å². The van der Waals surface area contributed by atoms with E-state index in [0.29, 0.717) is 4.88 Å². The maximum atomic E-state index is 13.0. The Balaban J connectivity index is 1.75.